The van der Waals surface area contributed by atoms with Gasteiger partial charge in [0, 0.05) is 18.5 Å². The molecule has 20 heavy (non-hydrogen) atoms. The minimum Gasteiger partial charge on any atom is -0.508 e. The van der Waals surface area contributed by atoms with E-state index in [9.17, 15) is 9.90 Å². The normalized spacial score (nSPS) is 24.3. The van der Waals surface area contributed by atoms with E-state index in [2.05, 4.69) is 4.90 Å². The molecule has 0 bridgehead atoms. The van der Waals surface area contributed by atoms with Crippen molar-refractivity contribution in [3.05, 3.63) is 29.8 Å². The number of rotatable bonds is 3. The van der Waals surface area contributed by atoms with Crippen LogP contribution in [0.1, 0.15) is 44.1 Å². The lowest BCUT2D eigenvalue weighted by Crippen LogP contribution is -2.39. The molecule has 0 aromatic heterocycles. The molecule has 3 heteroatoms. The maximum absolute atomic E-state index is 12.6. The maximum atomic E-state index is 12.6. The van der Waals surface area contributed by atoms with E-state index >= 15 is 0 Å². The zero-order valence-electron chi connectivity index (χ0n) is 11.9. The Labute approximate surface area is 120 Å². The van der Waals surface area contributed by atoms with Crippen LogP contribution in [0.5, 0.6) is 5.75 Å². The molecule has 2 fully saturated rings. The highest BCUT2D eigenvalue weighted by atomic mass is 16.3. The molecule has 2 aliphatic rings. The molecule has 3 nitrogen and oxygen atoms in total. The summed E-state index contributed by atoms with van der Waals surface area (Å²) in [5, 5.41) is 9.85. The fourth-order valence-corrected chi connectivity index (χ4v) is 3.66. The molecule has 1 N–H and O–H groups in total. The molecule has 1 aliphatic carbocycles. The lowest BCUT2D eigenvalue weighted by molar-refractivity contribution is -0.133. The van der Waals surface area contributed by atoms with Gasteiger partial charge in [0.05, 0.1) is 0 Å². The third-order valence-corrected chi connectivity index (χ3v) is 4.82. The number of nitrogens with zero attached hydrogens (tertiary/aromatic N) is 1. The molecular weight excluding hydrogens is 250 g/mol. The molecule has 1 heterocycles. The highest BCUT2D eigenvalue weighted by molar-refractivity contribution is 5.81. The number of para-hydroxylation sites is 1. The number of phenols is 1. The summed E-state index contributed by atoms with van der Waals surface area (Å²) < 4.78 is 0. The molecule has 0 spiro atoms. The van der Waals surface area contributed by atoms with Crippen LogP contribution in [-0.4, -0.2) is 28.5 Å². The van der Waals surface area contributed by atoms with E-state index in [1.165, 1.54) is 32.1 Å². The summed E-state index contributed by atoms with van der Waals surface area (Å²) in [5.41, 5.74) is 0.899. The van der Waals surface area contributed by atoms with Crippen molar-refractivity contribution < 1.29 is 9.90 Å². The van der Waals surface area contributed by atoms with E-state index in [0.29, 0.717) is 24.1 Å². The number of aromatic hydroxyl groups is 1. The average molecular weight is 273 g/mol. The Hall–Kier alpha value is -1.51. The average Bonchev–Trinajstić information content (AvgIpc) is 2.84. The van der Waals surface area contributed by atoms with Gasteiger partial charge in [-0.25, -0.2) is 0 Å². The third-order valence-electron chi connectivity index (χ3n) is 4.82. The molecule has 1 atom stereocenters. The third kappa shape index (κ3) is 2.67. The molecule has 1 saturated heterocycles. The topological polar surface area (TPSA) is 40.5 Å². The molecule has 108 valence electrons. The van der Waals surface area contributed by atoms with Crippen molar-refractivity contribution in [2.24, 2.45) is 5.92 Å². The Bertz CT molecular complexity index is 480. The van der Waals surface area contributed by atoms with Crippen molar-refractivity contribution in [3.8, 4) is 5.75 Å². The summed E-state index contributed by atoms with van der Waals surface area (Å²) in [5.74, 6) is 0.682. The largest absolute Gasteiger partial charge is 0.508 e. The first kappa shape index (κ1) is 13.5. The number of carbonyl (C=O) groups is 1. The number of hydrogen-bond acceptors (Lipinski definition) is 2. The Balaban J connectivity index is 1.65. The first-order valence-electron chi connectivity index (χ1n) is 7.83. The quantitative estimate of drug-likeness (QED) is 0.919. The molecule has 3 rings (SSSR count). The van der Waals surface area contributed by atoms with Crippen molar-refractivity contribution >= 4 is 5.91 Å². The summed E-state index contributed by atoms with van der Waals surface area (Å²) in [6, 6.07) is 7.85. The summed E-state index contributed by atoms with van der Waals surface area (Å²) in [4.78, 5) is 14.7. The van der Waals surface area contributed by atoms with Gasteiger partial charge in [-0.05, 0) is 37.3 Å². The van der Waals surface area contributed by atoms with Crippen LogP contribution in [-0.2, 0) is 11.2 Å². The van der Waals surface area contributed by atoms with E-state index in [0.717, 1.165) is 18.5 Å². The Morgan fingerprint density at radius 2 is 1.85 bits per heavy atom. The van der Waals surface area contributed by atoms with Crippen LogP contribution in [0.15, 0.2) is 24.3 Å². The van der Waals surface area contributed by atoms with Gasteiger partial charge in [0.2, 0.25) is 5.91 Å². The standard InChI is InChI=1S/C17H23NO2/c19-16-9-5-4-6-13(16)12-14-10-11-18(17(14)20)15-7-2-1-3-8-15/h4-6,9,14-15,19H,1-3,7-8,10-12H2/t14-/m1/s1. The zero-order chi connectivity index (χ0) is 13.9. The summed E-state index contributed by atoms with van der Waals surface area (Å²) >= 11 is 0. The summed E-state index contributed by atoms with van der Waals surface area (Å²) in [7, 11) is 0. The van der Waals surface area contributed by atoms with Crippen LogP contribution < -0.4 is 0 Å². The molecule has 1 amide bonds. The highest BCUT2D eigenvalue weighted by Crippen LogP contribution is 2.31. The number of amides is 1. The molecule has 1 aromatic carbocycles. The van der Waals surface area contributed by atoms with Gasteiger partial charge < -0.3 is 10.0 Å². The lowest BCUT2D eigenvalue weighted by atomic mass is 9.94. The van der Waals surface area contributed by atoms with Gasteiger partial charge >= 0.3 is 0 Å². The van der Waals surface area contributed by atoms with Crippen LogP contribution in [0.3, 0.4) is 0 Å². The molecule has 1 aromatic rings. The molecule has 1 saturated carbocycles. The second-order valence-electron chi connectivity index (χ2n) is 6.14. The van der Waals surface area contributed by atoms with Gasteiger partial charge in [0.15, 0.2) is 0 Å². The van der Waals surface area contributed by atoms with E-state index in [1.807, 2.05) is 18.2 Å². The monoisotopic (exact) mass is 273 g/mol. The smallest absolute Gasteiger partial charge is 0.226 e. The lowest BCUT2D eigenvalue weighted by Gasteiger charge is -2.31. The zero-order valence-corrected chi connectivity index (χ0v) is 11.9. The minimum absolute atomic E-state index is 0.0604. The number of hydrogen-bond donors (Lipinski definition) is 1. The van der Waals surface area contributed by atoms with E-state index in [1.54, 1.807) is 6.07 Å². The van der Waals surface area contributed by atoms with Gasteiger partial charge in [0.25, 0.3) is 0 Å². The molecule has 1 aliphatic heterocycles. The van der Waals surface area contributed by atoms with Crippen LogP contribution in [0, 0.1) is 5.92 Å². The number of likely N-dealkylation sites (tertiary alicyclic amines) is 1. The van der Waals surface area contributed by atoms with Gasteiger partial charge in [-0.3, -0.25) is 4.79 Å². The first-order chi connectivity index (χ1) is 9.75. The Morgan fingerprint density at radius 1 is 1.10 bits per heavy atom. The van der Waals surface area contributed by atoms with Gasteiger partial charge in [-0.2, -0.15) is 0 Å². The minimum atomic E-state index is 0.0604. The Morgan fingerprint density at radius 3 is 2.60 bits per heavy atom. The Kier molecular flexibility index (Phi) is 3.95. The van der Waals surface area contributed by atoms with Crippen molar-refractivity contribution in [2.45, 2.75) is 51.0 Å². The fraction of sp³-hybridized carbons (Fsp3) is 0.588. The van der Waals surface area contributed by atoms with Crippen molar-refractivity contribution in [1.29, 1.82) is 0 Å². The molecule has 0 unspecified atom stereocenters. The second-order valence-corrected chi connectivity index (χ2v) is 6.14. The van der Waals surface area contributed by atoms with Crippen LogP contribution >= 0.6 is 0 Å². The van der Waals surface area contributed by atoms with Gasteiger partial charge in [-0.15, -0.1) is 0 Å². The van der Waals surface area contributed by atoms with E-state index < -0.39 is 0 Å². The second kappa shape index (κ2) is 5.86. The van der Waals surface area contributed by atoms with E-state index in [4.69, 9.17) is 0 Å². The number of phenolic OH excluding ortho intramolecular Hbond substituents is 1. The molecule has 0 radical (unpaired) electrons. The van der Waals surface area contributed by atoms with Gasteiger partial charge in [-0.1, -0.05) is 37.5 Å². The first-order valence-corrected chi connectivity index (χ1v) is 7.83. The van der Waals surface area contributed by atoms with Crippen LogP contribution in [0.2, 0.25) is 0 Å². The summed E-state index contributed by atoms with van der Waals surface area (Å²) in [6.45, 7) is 0.905. The number of carbonyl (C=O) groups excluding carboxylic acids is 1. The van der Waals surface area contributed by atoms with Gasteiger partial charge in [0.1, 0.15) is 5.75 Å². The van der Waals surface area contributed by atoms with E-state index in [-0.39, 0.29) is 5.92 Å². The molecular formula is C17H23NO2. The van der Waals surface area contributed by atoms with Crippen LogP contribution in [0.25, 0.3) is 0 Å². The highest BCUT2D eigenvalue weighted by Gasteiger charge is 2.36. The maximum Gasteiger partial charge on any atom is 0.226 e. The SMILES string of the molecule is O=C1[C@@H](Cc2ccccc2O)CCN1C1CCCCC1. The van der Waals surface area contributed by atoms with Crippen LogP contribution in [0.4, 0.5) is 0 Å². The van der Waals surface area contributed by atoms with Crippen molar-refractivity contribution in [3.63, 3.8) is 0 Å². The number of benzene rings is 1. The van der Waals surface area contributed by atoms with Crippen molar-refractivity contribution in [2.75, 3.05) is 6.54 Å². The fourth-order valence-electron chi connectivity index (χ4n) is 3.66. The predicted molar refractivity (Wildman–Crippen MR) is 78.5 cm³/mol. The predicted octanol–water partition coefficient (Wildman–Crippen LogP) is 3.12. The summed E-state index contributed by atoms with van der Waals surface area (Å²) in [6.07, 6.45) is 7.81. The van der Waals surface area contributed by atoms with Crippen molar-refractivity contribution in [1.82, 2.24) is 4.90 Å².